The summed E-state index contributed by atoms with van der Waals surface area (Å²) in [5, 5.41) is 6.67. The minimum Gasteiger partial charge on any atom is -0.455 e. The van der Waals surface area contributed by atoms with Gasteiger partial charge in [-0.05, 0) is 56.9 Å². The zero-order valence-electron chi connectivity index (χ0n) is 24.2. The van der Waals surface area contributed by atoms with Crippen molar-refractivity contribution in [3.05, 3.63) is 152 Å². The predicted octanol–water partition coefficient (Wildman–Crippen LogP) is 10.7. The summed E-state index contributed by atoms with van der Waals surface area (Å²) in [6.45, 7) is 0. The smallest absolute Gasteiger partial charge is 0.167 e. The lowest BCUT2D eigenvalue weighted by Crippen LogP contribution is -2.01. The molecule has 9 aromatic rings. The standard InChI is InChI=1S/C41H25N3O/c1-3-12-26(13-4-1)30-22-23-34(32-19-10-9-18-31(30)32)40-42-39(27-14-5-2-6-15-27)43-41(44-40)35-21-11-20-33-36-24-28-16-7-8-17-29(28)25-37(36)45-38(33)35/h1-25H. The van der Waals surface area contributed by atoms with Crippen LogP contribution in [0.4, 0.5) is 0 Å². The third-order valence-electron chi connectivity index (χ3n) is 8.52. The molecule has 0 N–H and O–H groups in total. The number of nitrogens with zero attached hydrogens (tertiary/aromatic N) is 3. The largest absolute Gasteiger partial charge is 0.455 e. The normalized spacial score (nSPS) is 11.6. The zero-order chi connectivity index (χ0) is 29.7. The van der Waals surface area contributed by atoms with Gasteiger partial charge in [0, 0.05) is 21.9 Å². The topological polar surface area (TPSA) is 51.8 Å². The summed E-state index contributed by atoms with van der Waals surface area (Å²) >= 11 is 0. The van der Waals surface area contributed by atoms with Crippen LogP contribution in [0.2, 0.25) is 0 Å². The summed E-state index contributed by atoms with van der Waals surface area (Å²) in [5.41, 5.74) is 6.67. The van der Waals surface area contributed by atoms with Crippen molar-refractivity contribution >= 4 is 43.5 Å². The minimum absolute atomic E-state index is 0.573. The Kier molecular flexibility index (Phi) is 5.78. The number of hydrogen-bond acceptors (Lipinski definition) is 4. The van der Waals surface area contributed by atoms with Crippen LogP contribution >= 0.6 is 0 Å². The highest BCUT2D eigenvalue weighted by molar-refractivity contribution is 6.13. The molecule has 210 valence electrons. The molecule has 4 heteroatoms. The van der Waals surface area contributed by atoms with Crippen molar-refractivity contribution < 1.29 is 4.42 Å². The van der Waals surface area contributed by atoms with Crippen LogP contribution in [0.15, 0.2) is 156 Å². The fraction of sp³-hybridized carbons (Fsp3) is 0. The monoisotopic (exact) mass is 575 g/mol. The molecular weight excluding hydrogens is 550 g/mol. The second-order valence-electron chi connectivity index (χ2n) is 11.2. The average molecular weight is 576 g/mol. The second-order valence-corrected chi connectivity index (χ2v) is 11.2. The third kappa shape index (κ3) is 4.27. The van der Waals surface area contributed by atoms with Gasteiger partial charge in [-0.15, -0.1) is 0 Å². The van der Waals surface area contributed by atoms with E-state index in [1.54, 1.807) is 0 Å². The molecule has 0 fully saturated rings. The maximum Gasteiger partial charge on any atom is 0.167 e. The number of para-hydroxylation sites is 1. The van der Waals surface area contributed by atoms with Gasteiger partial charge in [-0.3, -0.25) is 0 Å². The van der Waals surface area contributed by atoms with Gasteiger partial charge >= 0.3 is 0 Å². The fourth-order valence-electron chi connectivity index (χ4n) is 6.36. The molecule has 0 unspecified atom stereocenters. The zero-order valence-corrected chi connectivity index (χ0v) is 24.2. The lowest BCUT2D eigenvalue weighted by Gasteiger charge is -2.13. The molecule has 0 aliphatic heterocycles. The molecule has 45 heavy (non-hydrogen) atoms. The summed E-state index contributed by atoms with van der Waals surface area (Å²) in [6, 6.07) is 52.2. The Morgan fingerprint density at radius 3 is 1.67 bits per heavy atom. The SMILES string of the molecule is c1ccc(-c2nc(-c3ccc(-c4ccccc4)c4ccccc34)nc(-c3cccc4c3oc3cc5ccccc5cc34)n2)cc1. The van der Waals surface area contributed by atoms with Crippen LogP contribution in [0.25, 0.3) is 88.8 Å². The van der Waals surface area contributed by atoms with E-state index in [0.29, 0.717) is 17.5 Å². The third-order valence-corrected chi connectivity index (χ3v) is 8.52. The van der Waals surface area contributed by atoms with Gasteiger partial charge in [0.05, 0.1) is 5.56 Å². The number of hydrogen-bond donors (Lipinski definition) is 0. The van der Waals surface area contributed by atoms with Crippen molar-refractivity contribution in [1.82, 2.24) is 15.0 Å². The molecule has 0 aliphatic carbocycles. The minimum atomic E-state index is 0.573. The Balaban J connectivity index is 1.30. The van der Waals surface area contributed by atoms with Gasteiger partial charge < -0.3 is 4.42 Å². The summed E-state index contributed by atoms with van der Waals surface area (Å²) in [7, 11) is 0. The van der Waals surface area contributed by atoms with Crippen molar-refractivity contribution in [3.8, 4) is 45.3 Å². The van der Waals surface area contributed by atoms with Gasteiger partial charge in [0.15, 0.2) is 17.5 Å². The van der Waals surface area contributed by atoms with E-state index in [9.17, 15) is 0 Å². The molecule has 0 amide bonds. The molecule has 0 atom stereocenters. The molecule has 0 aliphatic rings. The van der Waals surface area contributed by atoms with E-state index in [1.165, 1.54) is 16.5 Å². The lowest BCUT2D eigenvalue weighted by molar-refractivity contribution is 0.670. The first-order valence-corrected chi connectivity index (χ1v) is 15.0. The van der Waals surface area contributed by atoms with Crippen LogP contribution in [-0.2, 0) is 0 Å². The number of rotatable bonds is 4. The quantitative estimate of drug-likeness (QED) is 0.209. The lowest BCUT2D eigenvalue weighted by atomic mass is 9.94. The summed E-state index contributed by atoms with van der Waals surface area (Å²) in [6.07, 6.45) is 0. The van der Waals surface area contributed by atoms with E-state index in [2.05, 4.69) is 109 Å². The highest BCUT2D eigenvalue weighted by atomic mass is 16.3. The van der Waals surface area contributed by atoms with Crippen molar-refractivity contribution in [2.24, 2.45) is 0 Å². The van der Waals surface area contributed by atoms with Crippen LogP contribution in [0.5, 0.6) is 0 Å². The fourth-order valence-corrected chi connectivity index (χ4v) is 6.36. The Labute approximate surface area is 259 Å². The Morgan fingerprint density at radius 2 is 0.911 bits per heavy atom. The van der Waals surface area contributed by atoms with Crippen molar-refractivity contribution in [3.63, 3.8) is 0 Å². The number of benzene rings is 7. The highest BCUT2D eigenvalue weighted by Crippen LogP contribution is 2.39. The molecule has 0 saturated carbocycles. The van der Waals surface area contributed by atoms with E-state index in [0.717, 1.165) is 54.8 Å². The summed E-state index contributed by atoms with van der Waals surface area (Å²) in [4.78, 5) is 15.2. The molecule has 4 nitrogen and oxygen atoms in total. The van der Waals surface area contributed by atoms with E-state index in [4.69, 9.17) is 19.4 Å². The number of aromatic nitrogens is 3. The maximum absolute atomic E-state index is 6.57. The first kappa shape index (κ1) is 25.4. The molecule has 0 spiro atoms. The molecule has 0 radical (unpaired) electrons. The van der Waals surface area contributed by atoms with E-state index >= 15 is 0 Å². The molecule has 2 aromatic heterocycles. The predicted molar refractivity (Wildman–Crippen MR) is 184 cm³/mol. The van der Waals surface area contributed by atoms with Crippen molar-refractivity contribution in [1.29, 1.82) is 0 Å². The van der Waals surface area contributed by atoms with E-state index in [1.807, 2.05) is 42.5 Å². The Hall–Kier alpha value is -6.13. The number of furan rings is 1. The van der Waals surface area contributed by atoms with Gasteiger partial charge in [0.2, 0.25) is 0 Å². The van der Waals surface area contributed by atoms with Gasteiger partial charge in [0.1, 0.15) is 11.2 Å². The van der Waals surface area contributed by atoms with Gasteiger partial charge in [-0.25, -0.2) is 15.0 Å². The van der Waals surface area contributed by atoms with Crippen LogP contribution < -0.4 is 0 Å². The van der Waals surface area contributed by atoms with E-state index < -0.39 is 0 Å². The maximum atomic E-state index is 6.57. The van der Waals surface area contributed by atoms with E-state index in [-0.39, 0.29) is 0 Å². The first-order valence-electron chi connectivity index (χ1n) is 15.0. The Morgan fingerprint density at radius 1 is 0.356 bits per heavy atom. The van der Waals surface area contributed by atoms with Gasteiger partial charge in [-0.2, -0.15) is 0 Å². The van der Waals surface area contributed by atoms with Crippen molar-refractivity contribution in [2.45, 2.75) is 0 Å². The van der Waals surface area contributed by atoms with Crippen molar-refractivity contribution in [2.75, 3.05) is 0 Å². The summed E-state index contributed by atoms with van der Waals surface area (Å²) in [5.74, 6) is 1.81. The van der Waals surface area contributed by atoms with Crippen LogP contribution in [0, 0.1) is 0 Å². The molecular formula is C41H25N3O. The molecule has 0 saturated heterocycles. The molecule has 0 bridgehead atoms. The molecule has 9 rings (SSSR count). The molecule has 7 aromatic carbocycles. The first-order chi connectivity index (χ1) is 22.3. The average Bonchev–Trinajstić information content (AvgIpc) is 3.48. The van der Waals surface area contributed by atoms with Crippen LogP contribution in [0.3, 0.4) is 0 Å². The highest BCUT2D eigenvalue weighted by Gasteiger charge is 2.19. The van der Waals surface area contributed by atoms with Crippen LogP contribution in [0.1, 0.15) is 0 Å². The van der Waals surface area contributed by atoms with Gasteiger partial charge in [-0.1, -0.05) is 127 Å². The number of fused-ring (bicyclic) bond motifs is 5. The molecule has 2 heterocycles. The summed E-state index contributed by atoms with van der Waals surface area (Å²) < 4.78 is 6.57. The van der Waals surface area contributed by atoms with Crippen LogP contribution in [-0.4, -0.2) is 15.0 Å². The Bertz CT molecular complexity index is 2540. The second kappa shape index (κ2) is 10.2. The van der Waals surface area contributed by atoms with Gasteiger partial charge in [0.25, 0.3) is 0 Å².